The molecule has 4 aromatic rings. The molecule has 154 valence electrons. The maximum Gasteiger partial charge on any atom is 0.242 e. The molecular weight excluding hydrogens is 424 g/mol. The van der Waals surface area contributed by atoms with Crippen LogP contribution >= 0.6 is 23.5 Å². The lowest BCUT2D eigenvalue weighted by atomic mass is 10.2. The third-order valence-corrected chi connectivity index (χ3v) is 7.17. The van der Waals surface area contributed by atoms with Crippen LogP contribution in [-0.2, 0) is 11.3 Å². The van der Waals surface area contributed by atoms with E-state index in [0.29, 0.717) is 6.54 Å². The molecule has 7 heteroatoms. The first-order chi connectivity index (χ1) is 15.2. The zero-order valence-electron chi connectivity index (χ0n) is 16.9. The number of hydrogen-bond acceptors (Lipinski definition) is 5. The minimum absolute atomic E-state index is 0.0251. The third-order valence-electron chi connectivity index (χ3n) is 5.09. The summed E-state index contributed by atoms with van der Waals surface area (Å²) in [6, 6.07) is 26.3. The van der Waals surface area contributed by atoms with Gasteiger partial charge in [0.2, 0.25) is 5.91 Å². The van der Waals surface area contributed by atoms with Crippen LogP contribution in [0.25, 0.3) is 0 Å². The topological polar surface area (TPSA) is 51.0 Å². The summed E-state index contributed by atoms with van der Waals surface area (Å²) in [4.78, 5) is 17.4. The summed E-state index contributed by atoms with van der Waals surface area (Å²) in [5, 5.41) is 9.31. The summed E-state index contributed by atoms with van der Waals surface area (Å²) < 4.78 is 2.06. The Morgan fingerprint density at radius 1 is 0.871 bits per heavy atom. The molecule has 0 saturated heterocycles. The van der Waals surface area contributed by atoms with Crippen LogP contribution in [0.2, 0.25) is 0 Å². The molecule has 1 aromatic heterocycles. The molecule has 1 amide bonds. The van der Waals surface area contributed by atoms with Crippen LogP contribution in [0, 0.1) is 6.92 Å². The molecule has 5 rings (SSSR count). The predicted molar refractivity (Wildman–Crippen MR) is 125 cm³/mol. The number of fused-ring (bicyclic) bond motifs is 2. The van der Waals surface area contributed by atoms with Gasteiger partial charge >= 0.3 is 0 Å². The molecular formula is C24H20N4OS2. The van der Waals surface area contributed by atoms with Gasteiger partial charge in [0.25, 0.3) is 0 Å². The second-order valence-electron chi connectivity index (χ2n) is 7.16. The normalized spacial score (nSPS) is 12.4. The van der Waals surface area contributed by atoms with Crippen LogP contribution in [-0.4, -0.2) is 26.4 Å². The average Bonchev–Trinajstić information content (AvgIpc) is 3.15. The molecule has 5 nitrogen and oxygen atoms in total. The van der Waals surface area contributed by atoms with Crippen LogP contribution in [0.5, 0.6) is 0 Å². The minimum Gasteiger partial charge on any atom is -0.302 e. The second-order valence-corrected chi connectivity index (χ2v) is 9.18. The maximum atomic E-state index is 13.4. The molecule has 0 unspecified atom stereocenters. The largest absolute Gasteiger partial charge is 0.302 e. The Kier molecular flexibility index (Phi) is 5.53. The first-order valence-corrected chi connectivity index (χ1v) is 11.8. The van der Waals surface area contributed by atoms with Crippen molar-refractivity contribution in [2.24, 2.45) is 0 Å². The van der Waals surface area contributed by atoms with Gasteiger partial charge in [-0.1, -0.05) is 78.1 Å². The number of aryl methyl sites for hydroxylation is 1. The first kappa shape index (κ1) is 19.9. The van der Waals surface area contributed by atoms with Crippen LogP contribution in [0.4, 0.5) is 11.4 Å². The number of nitrogens with zero attached hydrogens (tertiary/aromatic N) is 4. The molecule has 0 fully saturated rings. The highest BCUT2D eigenvalue weighted by atomic mass is 32.2. The molecule has 0 spiro atoms. The fourth-order valence-electron chi connectivity index (χ4n) is 3.58. The van der Waals surface area contributed by atoms with Crippen molar-refractivity contribution in [1.29, 1.82) is 0 Å². The van der Waals surface area contributed by atoms with E-state index in [1.165, 1.54) is 17.3 Å². The number of carbonyl (C=O) groups excluding carboxylic acids is 1. The van der Waals surface area contributed by atoms with E-state index in [1.807, 2.05) is 66.4 Å². The third kappa shape index (κ3) is 3.98. The first-order valence-electron chi connectivity index (χ1n) is 9.96. The molecule has 3 aromatic carbocycles. The number of anilines is 2. The van der Waals surface area contributed by atoms with Gasteiger partial charge < -0.3 is 4.57 Å². The Morgan fingerprint density at radius 3 is 2.16 bits per heavy atom. The highest BCUT2D eigenvalue weighted by molar-refractivity contribution is 8.00. The Balaban J connectivity index is 1.39. The van der Waals surface area contributed by atoms with Crippen LogP contribution in [0.15, 0.2) is 93.8 Å². The Hall–Kier alpha value is -3.03. The fourth-order valence-corrected chi connectivity index (χ4v) is 5.47. The van der Waals surface area contributed by atoms with Gasteiger partial charge in [-0.3, -0.25) is 9.69 Å². The summed E-state index contributed by atoms with van der Waals surface area (Å²) >= 11 is 3.13. The van der Waals surface area contributed by atoms with E-state index in [2.05, 4.69) is 39.0 Å². The predicted octanol–water partition coefficient (Wildman–Crippen LogP) is 5.56. The van der Waals surface area contributed by atoms with Gasteiger partial charge in [-0.15, -0.1) is 10.2 Å². The number of amides is 1. The highest BCUT2D eigenvalue weighted by Gasteiger charge is 2.28. The van der Waals surface area contributed by atoms with Gasteiger partial charge in [-0.25, -0.2) is 0 Å². The molecule has 31 heavy (non-hydrogen) atoms. The van der Waals surface area contributed by atoms with Crippen molar-refractivity contribution < 1.29 is 4.79 Å². The lowest BCUT2D eigenvalue weighted by Crippen LogP contribution is -2.30. The quantitative estimate of drug-likeness (QED) is 0.377. The second kappa shape index (κ2) is 8.61. The Labute approximate surface area is 189 Å². The molecule has 0 bridgehead atoms. The zero-order chi connectivity index (χ0) is 21.2. The zero-order valence-corrected chi connectivity index (χ0v) is 18.6. The summed E-state index contributed by atoms with van der Waals surface area (Å²) in [5.41, 5.74) is 3.03. The Bertz CT molecular complexity index is 1190. The number of para-hydroxylation sites is 2. The van der Waals surface area contributed by atoms with Gasteiger partial charge in [0.1, 0.15) is 5.82 Å². The van der Waals surface area contributed by atoms with Crippen molar-refractivity contribution in [2.45, 2.75) is 28.4 Å². The van der Waals surface area contributed by atoms with Crippen LogP contribution in [0.3, 0.4) is 0 Å². The number of aromatic nitrogens is 3. The lowest BCUT2D eigenvalue weighted by molar-refractivity contribution is -0.115. The number of thioether (sulfide) groups is 1. The van der Waals surface area contributed by atoms with Crippen molar-refractivity contribution in [3.8, 4) is 0 Å². The molecule has 0 saturated carbocycles. The monoisotopic (exact) mass is 444 g/mol. The molecule has 0 atom stereocenters. The van der Waals surface area contributed by atoms with Crippen molar-refractivity contribution in [1.82, 2.24) is 14.8 Å². The van der Waals surface area contributed by atoms with Gasteiger partial charge in [-0.05, 0) is 36.8 Å². The van der Waals surface area contributed by atoms with E-state index in [4.69, 9.17) is 0 Å². The number of carbonyl (C=O) groups is 1. The molecule has 1 aliphatic rings. The highest BCUT2D eigenvalue weighted by Crippen LogP contribution is 2.48. The van der Waals surface area contributed by atoms with E-state index in [1.54, 1.807) is 11.8 Å². The van der Waals surface area contributed by atoms with E-state index in [0.717, 1.165) is 32.1 Å². The summed E-state index contributed by atoms with van der Waals surface area (Å²) in [7, 11) is 0. The number of hydrogen-bond donors (Lipinski definition) is 0. The van der Waals surface area contributed by atoms with Crippen LogP contribution in [0.1, 0.15) is 11.4 Å². The van der Waals surface area contributed by atoms with Crippen molar-refractivity contribution >= 4 is 40.8 Å². The van der Waals surface area contributed by atoms with Gasteiger partial charge in [0.15, 0.2) is 5.16 Å². The SMILES string of the molecule is Cc1nnc(SCC(=O)N2c3ccccc3Sc3ccccc32)n1Cc1ccccc1. The molecule has 0 aliphatic carbocycles. The smallest absolute Gasteiger partial charge is 0.242 e. The average molecular weight is 445 g/mol. The van der Waals surface area contributed by atoms with Gasteiger partial charge in [0.05, 0.1) is 23.7 Å². The molecule has 0 N–H and O–H groups in total. The van der Waals surface area contributed by atoms with Gasteiger partial charge in [-0.2, -0.15) is 0 Å². The molecule has 2 heterocycles. The van der Waals surface area contributed by atoms with Crippen molar-refractivity contribution in [3.05, 3.63) is 90.3 Å². The molecule has 0 radical (unpaired) electrons. The van der Waals surface area contributed by atoms with E-state index in [9.17, 15) is 4.79 Å². The summed E-state index contributed by atoms with van der Waals surface area (Å²) in [6.07, 6.45) is 0. The standard InChI is InChI=1S/C24H20N4OS2/c1-17-25-26-24(27(17)15-18-9-3-2-4-10-18)30-16-23(29)28-19-11-5-7-13-21(19)31-22-14-8-6-12-20(22)28/h2-14H,15-16H2,1H3. The van der Waals surface area contributed by atoms with Crippen LogP contribution < -0.4 is 4.90 Å². The van der Waals surface area contributed by atoms with E-state index >= 15 is 0 Å². The number of rotatable bonds is 5. The Morgan fingerprint density at radius 2 is 1.48 bits per heavy atom. The fraction of sp³-hybridized carbons (Fsp3) is 0.125. The maximum absolute atomic E-state index is 13.4. The van der Waals surface area contributed by atoms with Crippen molar-refractivity contribution in [3.63, 3.8) is 0 Å². The van der Waals surface area contributed by atoms with E-state index in [-0.39, 0.29) is 11.7 Å². The summed E-state index contributed by atoms with van der Waals surface area (Å²) in [5.74, 6) is 1.14. The van der Waals surface area contributed by atoms with Crippen molar-refractivity contribution in [2.75, 3.05) is 10.7 Å². The lowest BCUT2D eigenvalue weighted by Gasteiger charge is -2.30. The van der Waals surface area contributed by atoms with E-state index < -0.39 is 0 Å². The number of benzene rings is 3. The summed E-state index contributed by atoms with van der Waals surface area (Å²) in [6.45, 7) is 2.62. The van der Waals surface area contributed by atoms with Gasteiger partial charge in [0, 0.05) is 9.79 Å². The minimum atomic E-state index is 0.0251. The molecule has 1 aliphatic heterocycles.